The Bertz CT molecular complexity index is 2140. The van der Waals surface area contributed by atoms with Crippen LogP contribution >= 0.6 is 0 Å². The number of carboxylic acids is 1. The number of H-pyrrole nitrogens is 1. The first-order chi connectivity index (χ1) is 37.2. The molecule has 0 saturated carbocycles. The number of nitrogens with one attached hydrogen (secondary N) is 10. The summed E-state index contributed by atoms with van der Waals surface area (Å²) in [4.78, 5) is 156. The number of aromatic nitrogens is 2. The monoisotopic (exact) mass is 1100 g/mol. The van der Waals surface area contributed by atoms with E-state index in [0.717, 1.165) is 6.42 Å². The number of nitrogens with zero attached hydrogens (tertiary/aromatic N) is 2. The molecule has 0 unspecified atom stereocenters. The first-order valence-electron chi connectivity index (χ1n) is 27.2. The molecule has 78 heavy (non-hydrogen) atoms. The molecule has 1 aromatic rings. The predicted octanol–water partition coefficient (Wildman–Crippen LogP) is -3.99. The maximum absolute atomic E-state index is 14.4. The molecule has 0 bridgehead atoms. The quantitative estimate of drug-likeness (QED) is 0.0283. The Labute approximate surface area is 455 Å². The predicted molar refractivity (Wildman–Crippen MR) is 284 cm³/mol. The van der Waals surface area contributed by atoms with Crippen LogP contribution in [0, 0.1) is 5.92 Å². The fourth-order valence-electron chi connectivity index (χ4n) is 9.09. The van der Waals surface area contributed by atoms with Gasteiger partial charge in [0.2, 0.25) is 59.1 Å². The van der Waals surface area contributed by atoms with E-state index >= 15 is 0 Å². The van der Waals surface area contributed by atoms with Crippen molar-refractivity contribution in [3.05, 3.63) is 18.2 Å². The normalized spacial score (nSPS) is 17.8. The number of imidazole rings is 1. The maximum atomic E-state index is 14.4. The minimum absolute atomic E-state index is 0.0321. The van der Waals surface area contributed by atoms with Gasteiger partial charge in [-0.05, 0) is 135 Å². The highest BCUT2D eigenvalue weighted by molar-refractivity contribution is 5.98. The summed E-state index contributed by atoms with van der Waals surface area (Å²) in [5.41, 5.74) is 23.2. The van der Waals surface area contributed by atoms with Crippen molar-refractivity contribution in [1.82, 2.24) is 62.7 Å². The van der Waals surface area contributed by atoms with Crippen LogP contribution in [-0.4, -0.2) is 179 Å². The van der Waals surface area contributed by atoms with Gasteiger partial charge in [-0.1, -0.05) is 13.8 Å². The van der Waals surface area contributed by atoms with Crippen LogP contribution in [-0.2, 0) is 59.2 Å². The van der Waals surface area contributed by atoms with Crippen LogP contribution in [0.4, 0.5) is 0 Å². The molecule has 2 saturated heterocycles. The van der Waals surface area contributed by atoms with Gasteiger partial charge < -0.3 is 85.8 Å². The largest absolute Gasteiger partial charge is 0.480 e. The average molecular weight is 1100 g/mol. The topological polar surface area (TPSA) is 452 Å². The van der Waals surface area contributed by atoms with Gasteiger partial charge in [0.05, 0.1) is 12.4 Å². The van der Waals surface area contributed by atoms with Crippen LogP contribution in [0.2, 0.25) is 0 Å². The third-order valence-electron chi connectivity index (χ3n) is 13.4. The van der Waals surface area contributed by atoms with Crippen LogP contribution in [0.3, 0.4) is 0 Å². The lowest BCUT2D eigenvalue weighted by Gasteiger charge is -2.30. The number of carbonyl (C=O) groups excluding carboxylic acids is 10. The highest BCUT2D eigenvalue weighted by atomic mass is 16.4. The van der Waals surface area contributed by atoms with Crippen LogP contribution in [0.5, 0.6) is 0 Å². The smallest absolute Gasteiger partial charge is 0.322 e. The summed E-state index contributed by atoms with van der Waals surface area (Å²) < 4.78 is 0. The van der Waals surface area contributed by atoms with Gasteiger partial charge in [-0.25, -0.2) is 4.98 Å². The van der Waals surface area contributed by atoms with Crippen molar-refractivity contribution in [1.29, 1.82) is 0 Å². The SMILES string of the molecule is CC(C)C[C@H](NC(=O)[C@H](CCCCN)NC(=O)[C@H](CCCCN)NC(=O)[C@H](C)NC(=O)[C@@H]1CCCN1)C(=O)N[C@@H](CCCCN)C(=O)N[C@@H](Cc1cnc[nH]1)C(=O)N[C@@H](CCC(N)=O)C(=O)N1CCC[C@H]1C(=O)NCC(=O)O. The summed E-state index contributed by atoms with van der Waals surface area (Å²) in [6.45, 7) is 6.09. The summed E-state index contributed by atoms with van der Waals surface area (Å²) in [7, 11) is 0. The number of carbonyl (C=O) groups is 11. The van der Waals surface area contributed by atoms with E-state index in [0.29, 0.717) is 76.7 Å². The second kappa shape index (κ2) is 34.9. The zero-order valence-electron chi connectivity index (χ0n) is 45.3. The molecule has 0 spiro atoms. The molecule has 2 aliphatic rings. The van der Waals surface area contributed by atoms with Crippen LogP contribution in [0.1, 0.15) is 129 Å². The highest BCUT2D eigenvalue weighted by Crippen LogP contribution is 2.20. The van der Waals surface area contributed by atoms with E-state index in [1.165, 1.54) is 24.3 Å². The first-order valence-corrected chi connectivity index (χ1v) is 27.2. The maximum Gasteiger partial charge on any atom is 0.322 e. The Balaban J connectivity index is 1.88. The van der Waals surface area contributed by atoms with Gasteiger partial charge in [0, 0.05) is 31.3 Å². The van der Waals surface area contributed by atoms with E-state index in [4.69, 9.17) is 28.0 Å². The molecule has 0 radical (unpaired) electrons. The van der Waals surface area contributed by atoms with Crippen molar-refractivity contribution in [3.8, 4) is 0 Å². The van der Waals surface area contributed by atoms with Gasteiger partial charge in [0.25, 0.3) is 0 Å². The minimum Gasteiger partial charge on any atom is -0.480 e. The molecule has 9 atom stereocenters. The number of amides is 10. The van der Waals surface area contributed by atoms with Crippen molar-refractivity contribution in [3.63, 3.8) is 0 Å². The lowest BCUT2D eigenvalue weighted by atomic mass is 10.00. The lowest BCUT2D eigenvalue weighted by molar-refractivity contribution is -0.143. The molecule has 10 amide bonds. The third kappa shape index (κ3) is 23.1. The molecule has 438 valence electrons. The standard InChI is InChI=1S/C50H86N16O12/c1-29(2)24-37(64-45(73)34(13-5-8-20-52)61-44(72)33(12-4-7-19-51)60-42(70)30(3)59-43(71)32-15-10-22-56-32)47(75)62-35(14-6-9-21-53)46(74)65-38(25-31-26-55-28-58-31)48(76)63-36(17-18-40(54)67)50(78)66-23-11-16-39(66)49(77)57-27-41(68)69/h26,28-30,32-39,56H,4-25,27,51-53H2,1-3H3,(H2,54,67)(H,55,58)(H,57,77)(H,59,71)(H,60,70)(H,61,72)(H,62,75)(H,63,76)(H,64,73)(H,65,74)(H,68,69)/t30-,32-,33-,34-,35-,36-,37-,38-,39-/m0/s1. The van der Waals surface area contributed by atoms with Crippen LogP contribution < -0.4 is 70.8 Å². The number of likely N-dealkylation sites (tertiary alicyclic amines) is 1. The third-order valence-corrected chi connectivity index (χ3v) is 13.4. The van der Waals surface area contributed by atoms with E-state index in [1.54, 1.807) is 0 Å². The zero-order chi connectivity index (χ0) is 57.7. The second-order valence-corrected chi connectivity index (χ2v) is 20.3. The Morgan fingerprint density at radius 3 is 1.64 bits per heavy atom. The number of carboxylic acid groups (broad SMARTS) is 1. The van der Waals surface area contributed by atoms with Crippen LogP contribution in [0.25, 0.3) is 0 Å². The summed E-state index contributed by atoms with van der Waals surface area (Å²) in [6, 6.07) is -10.2. The van der Waals surface area contributed by atoms with E-state index in [1.807, 2.05) is 13.8 Å². The number of hydrogen-bond donors (Lipinski definition) is 15. The minimum atomic E-state index is -1.44. The van der Waals surface area contributed by atoms with Crippen molar-refractivity contribution >= 4 is 65.0 Å². The van der Waals surface area contributed by atoms with E-state index < -0.39 is 120 Å². The molecule has 0 aromatic carbocycles. The number of aliphatic carboxylic acids is 1. The molecule has 3 heterocycles. The molecule has 28 heteroatoms. The molecule has 28 nitrogen and oxygen atoms in total. The van der Waals surface area contributed by atoms with Crippen molar-refractivity contribution in [2.24, 2.45) is 28.9 Å². The molecule has 19 N–H and O–H groups in total. The number of primary amides is 1. The Kier molecular flexibility index (Phi) is 29.3. The number of rotatable bonds is 37. The Morgan fingerprint density at radius 1 is 0.641 bits per heavy atom. The molecular formula is C50H86N16O12. The van der Waals surface area contributed by atoms with E-state index in [-0.39, 0.29) is 76.3 Å². The zero-order valence-corrected chi connectivity index (χ0v) is 45.3. The van der Waals surface area contributed by atoms with Gasteiger partial charge in [-0.3, -0.25) is 52.7 Å². The van der Waals surface area contributed by atoms with Crippen molar-refractivity contribution < 1.29 is 57.8 Å². The molecule has 1 aromatic heterocycles. The fourth-order valence-corrected chi connectivity index (χ4v) is 9.09. The number of unbranched alkanes of at least 4 members (excludes halogenated alkanes) is 3. The molecule has 0 aliphatic carbocycles. The second-order valence-electron chi connectivity index (χ2n) is 20.3. The summed E-state index contributed by atoms with van der Waals surface area (Å²) in [6.07, 6.45) is 7.02. The van der Waals surface area contributed by atoms with Gasteiger partial charge in [-0.15, -0.1) is 0 Å². The molecule has 2 fully saturated rings. The Hall–Kier alpha value is -6.78. The first kappa shape index (κ1) is 65.5. The van der Waals surface area contributed by atoms with Crippen molar-refractivity contribution in [2.75, 3.05) is 39.3 Å². The van der Waals surface area contributed by atoms with Gasteiger partial charge in [0.1, 0.15) is 54.9 Å². The number of nitrogens with two attached hydrogens (primary N) is 4. The average Bonchev–Trinajstić information content (AvgIpc) is 4.23. The summed E-state index contributed by atoms with van der Waals surface area (Å²) in [5, 5.41) is 33.5. The summed E-state index contributed by atoms with van der Waals surface area (Å²) in [5.74, 6) is -8.53. The van der Waals surface area contributed by atoms with E-state index in [9.17, 15) is 52.7 Å². The Morgan fingerprint density at radius 2 is 1.15 bits per heavy atom. The number of aromatic amines is 1. The molecular weight excluding hydrogens is 1020 g/mol. The van der Waals surface area contributed by atoms with E-state index in [2.05, 4.69) is 57.8 Å². The van der Waals surface area contributed by atoms with Gasteiger partial charge in [0.15, 0.2) is 0 Å². The molecule has 2 aliphatic heterocycles. The lowest BCUT2D eigenvalue weighted by Crippen LogP contribution is -2.60. The summed E-state index contributed by atoms with van der Waals surface area (Å²) >= 11 is 0. The van der Waals surface area contributed by atoms with Crippen molar-refractivity contribution in [2.45, 2.75) is 184 Å². The van der Waals surface area contributed by atoms with Gasteiger partial charge >= 0.3 is 5.97 Å². The molecule has 3 rings (SSSR count). The number of hydrogen-bond acceptors (Lipinski definition) is 16. The van der Waals surface area contributed by atoms with Crippen LogP contribution in [0.15, 0.2) is 12.5 Å². The highest BCUT2D eigenvalue weighted by Gasteiger charge is 2.40. The fraction of sp³-hybridized carbons (Fsp3) is 0.720. The van der Waals surface area contributed by atoms with Gasteiger partial charge in [-0.2, -0.15) is 0 Å².